The van der Waals surface area contributed by atoms with Gasteiger partial charge in [-0.05, 0) is 73.6 Å². The van der Waals surface area contributed by atoms with E-state index in [0.717, 1.165) is 24.2 Å². The predicted molar refractivity (Wildman–Crippen MR) is 124 cm³/mol. The highest BCUT2D eigenvalue weighted by atomic mass is 16.5. The number of nitrogens with one attached hydrogen (secondary N) is 1. The lowest BCUT2D eigenvalue weighted by atomic mass is 9.79. The van der Waals surface area contributed by atoms with Crippen LogP contribution in [0.2, 0.25) is 0 Å². The largest absolute Gasteiger partial charge is 0.497 e. The number of hydrogen-bond donors (Lipinski definition) is 3. The number of methoxy groups -OCH3 is 1. The molecule has 0 aliphatic heterocycles. The van der Waals surface area contributed by atoms with Gasteiger partial charge in [0.05, 0.1) is 25.9 Å². The molecule has 3 aromatic rings. The Kier molecular flexibility index (Phi) is 7.18. The second kappa shape index (κ2) is 10.3. The number of tetrazole rings is 1. The number of rotatable bonds is 8. The van der Waals surface area contributed by atoms with Crippen molar-refractivity contribution in [2.45, 2.75) is 51.3 Å². The number of carbonyl (C=O) groups is 1. The van der Waals surface area contributed by atoms with E-state index >= 15 is 0 Å². The summed E-state index contributed by atoms with van der Waals surface area (Å²) in [5.74, 6) is 1.17. The van der Waals surface area contributed by atoms with Crippen LogP contribution in [0.25, 0.3) is 11.4 Å². The third kappa shape index (κ3) is 5.75. The lowest BCUT2D eigenvalue weighted by Gasteiger charge is -2.34. The molecule has 0 unspecified atom stereocenters. The number of amides is 1. The van der Waals surface area contributed by atoms with Crippen molar-refractivity contribution in [2.75, 3.05) is 13.7 Å². The quantitative estimate of drug-likeness (QED) is 0.458. The van der Waals surface area contributed by atoms with Crippen LogP contribution in [0, 0.1) is 12.8 Å². The molecule has 3 N–H and O–H groups in total. The smallest absolute Gasteiger partial charge is 0.270 e. The van der Waals surface area contributed by atoms with Crippen LogP contribution in [-0.4, -0.2) is 60.6 Å². The van der Waals surface area contributed by atoms with Crippen LogP contribution in [-0.2, 0) is 13.1 Å². The molecule has 34 heavy (non-hydrogen) atoms. The van der Waals surface area contributed by atoms with Crippen molar-refractivity contribution in [1.29, 1.82) is 0 Å². The molecule has 2 aromatic heterocycles. The molecule has 180 valence electrons. The van der Waals surface area contributed by atoms with Crippen LogP contribution in [0.3, 0.4) is 0 Å². The van der Waals surface area contributed by atoms with Gasteiger partial charge in [0.25, 0.3) is 5.91 Å². The fourth-order valence-corrected chi connectivity index (χ4v) is 4.19. The van der Waals surface area contributed by atoms with E-state index in [4.69, 9.17) is 4.74 Å². The number of hydrogen-bond acceptors (Lipinski definition) is 8. The summed E-state index contributed by atoms with van der Waals surface area (Å²) in [6.45, 7) is 2.55. The summed E-state index contributed by atoms with van der Waals surface area (Å²) in [6.07, 6.45) is 2.71. The zero-order valence-corrected chi connectivity index (χ0v) is 19.4. The summed E-state index contributed by atoms with van der Waals surface area (Å²) in [7, 11) is 1.60. The molecule has 10 nitrogen and oxygen atoms in total. The maximum Gasteiger partial charge on any atom is 0.270 e. The number of nitrogens with zero attached hydrogens (tertiary/aromatic N) is 5. The topological polar surface area (TPSA) is 135 Å². The van der Waals surface area contributed by atoms with Gasteiger partial charge in [-0.25, -0.2) is 4.98 Å². The average molecular weight is 467 g/mol. The second-order valence-electron chi connectivity index (χ2n) is 8.91. The minimum Gasteiger partial charge on any atom is -0.497 e. The van der Waals surface area contributed by atoms with Crippen molar-refractivity contribution in [3.63, 3.8) is 0 Å². The molecule has 2 heterocycles. The third-order valence-corrected chi connectivity index (χ3v) is 6.24. The monoisotopic (exact) mass is 466 g/mol. The van der Waals surface area contributed by atoms with Crippen molar-refractivity contribution >= 4 is 5.91 Å². The zero-order valence-electron chi connectivity index (χ0n) is 19.4. The van der Waals surface area contributed by atoms with Gasteiger partial charge >= 0.3 is 0 Å². The molecular formula is C24H30N6O4. The van der Waals surface area contributed by atoms with Gasteiger partial charge in [0, 0.05) is 17.8 Å². The number of benzene rings is 1. The summed E-state index contributed by atoms with van der Waals surface area (Å²) >= 11 is 0. The summed E-state index contributed by atoms with van der Waals surface area (Å²) in [5.41, 5.74) is 1.59. The Morgan fingerprint density at radius 2 is 2.06 bits per heavy atom. The fourth-order valence-electron chi connectivity index (χ4n) is 4.19. The second-order valence-corrected chi connectivity index (χ2v) is 8.91. The van der Waals surface area contributed by atoms with E-state index in [1.807, 2.05) is 37.3 Å². The van der Waals surface area contributed by atoms with Crippen LogP contribution in [0.1, 0.15) is 47.4 Å². The van der Waals surface area contributed by atoms with Crippen LogP contribution in [0.4, 0.5) is 0 Å². The number of aliphatic hydroxyl groups is 2. The van der Waals surface area contributed by atoms with Crippen LogP contribution >= 0.6 is 0 Å². The molecule has 0 radical (unpaired) electrons. The van der Waals surface area contributed by atoms with Crippen LogP contribution in [0.5, 0.6) is 5.75 Å². The van der Waals surface area contributed by atoms with E-state index in [1.54, 1.807) is 18.0 Å². The third-order valence-electron chi connectivity index (χ3n) is 6.24. The van der Waals surface area contributed by atoms with E-state index in [0.29, 0.717) is 48.9 Å². The van der Waals surface area contributed by atoms with Gasteiger partial charge in [0.1, 0.15) is 11.4 Å². The Balaban J connectivity index is 1.41. The van der Waals surface area contributed by atoms with Crippen molar-refractivity contribution in [1.82, 2.24) is 30.5 Å². The molecule has 4 rings (SSSR count). The molecular weight excluding hydrogens is 436 g/mol. The Bertz CT molecular complexity index is 1140. The Morgan fingerprint density at radius 1 is 1.26 bits per heavy atom. The minimum atomic E-state index is -0.963. The lowest BCUT2D eigenvalue weighted by molar-refractivity contribution is -0.0535. The molecule has 1 saturated carbocycles. The molecule has 0 bridgehead atoms. The van der Waals surface area contributed by atoms with E-state index in [1.165, 1.54) is 0 Å². The maximum absolute atomic E-state index is 12.7. The molecule has 0 saturated heterocycles. The highest BCUT2D eigenvalue weighted by Crippen LogP contribution is 2.32. The molecule has 1 amide bonds. The number of aryl methyl sites for hydroxylation is 1. The number of ether oxygens (including phenoxy) is 1. The van der Waals surface area contributed by atoms with Crippen molar-refractivity contribution in [3.05, 3.63) is 53.3 Å². The summed E-state index contributed by atoms with van der Waals surface area (Å²) in [5, 5.41) is 35.2. The van der Waals surface area contributed by atoms with Gasteiger partial charge in [-0.15, -0.1) is 10.2 Å². The summed E-state index contributed by atoms with van der Waals surface area (Å²) in [4.78, 5) is 18.7. The van der Waals surface area contributed by atoms with Crippen molar-refractivity contribution < 1.29 is 19.7 Å². The number of carbonyl (C=O) groups excluding carboxylic acids is 1. The first kappa shape index (κ1) is 23.8. The molecule has 1 aliphatic carbocycles. The Labute approximate surface area is 198 Å². The molecule has 1 aromatic carbocycles. The SMILES string of the molecule is COc1cccc(CNC(=O)c2cc(-c3nnn(C[C@H]4CC[C@](O)(CO)CC4)n3)cc(C)n2)c1. The zero-order chi connectivity index (χ0) is 24.1. The van der Waals surface area contributed by atoms with E-state index in [9.17, 15) is 15.0 Å². The van der Waals surface area contributed by atoms with Gasteiger partial charge < -0.3 is 20.3 Å². The highest BCUT2D eigenvalue weighted by Gasteiger charge is 2.32. The van der Waals surface area contributed by atoms with Gasteiger partial charge in [-0.3, -0.25) is 4.79 Å². The number of aliphatic hydroxyl groups excluding tert-OH is 1. The van der Waals surface area contributed by atoms with E-state index in [-0.39, 0.29) is 18.2 Å². The van der Waals surface area contributed by atoms with Gasteiger partial charge in [0.2, 0.25) is 5.82 Å². The first-order chi connectivity index (χ1) is 16.4. The first-order valence-corrected chi connectivity index (χ1v) is 11.4. The Hall–Kier alpha value is -3.37. The van der Waals surface area contributed by atoms with Gasteiger partial charge in [-0.1, -0.05) is 12.1 Å². The molecule has 1 fully saturated rings. The average Bonchev–Trinajstić information content (AvgIpc) is 3.32. The fraction of sp³-hybridized carbons (Fsp3) is 0.458. The lowest BCUT2D eigenvalue weighted by Crippen LogP contribution is -2.38. The maximum atomic E-state index is 12.7. The summed E-state index contributed by atoms with van der Waals surface area (Å²) in [6, 6.07) is 11.0. The Morgan fingerprint density at radius 3 is 2.79 bits per heavy atom. The normalized spacial score (nSPS) is 20.2. The molecule has 1 aliphatic rings. The predicted octanol–water partition coefficient (Wildman–Crippen LogP) is 1.90. The molecule has 10 heteroatoms. The van der Waals surface area contributed by atoms with E-state index < -0.39 is 5.60 Å². The van der Waals surface area contributed by atoms with Crippen LogP contribution in [0.15, 0.2) is 36.4 Å². The number of aromatic nitrogens is 5. The van der Waals surface area contributed by atoms with Crippen molar-refractivity contribution in [2.24, 2.45) is 5.92 Å². The van der Waals surface area contributed by atoms with Gasteiger partial charge in [0.15, 0.2) is 0 Å². The number of pyridine rings is 1. The van der Waals surface area contributed by atoms with Gasteiger partial charge in [-0.2, -0.15) is 4.80 Å². The molecule has 0 atom stereocenters. The summed E-state index contributed by atoms with van der Waals surface area (Å²) < 4.78 is 5.22. The standard InChI is InChI=1S/C24H30N6O4/c1-16-10-19(12-21(26-16)23(32)25-13-18-4-3-5-20(11-18)34-2)22-27-29-30(28-22)14-17-6-8-24(33,15-31)9-7-17/h3-5,10-12,17,31,33H,6-9,13-15H2,1-2H3,(H,25,32)/t17-,24+. The van der Waals surface area contributed by atoms with Crippen LogP contribution < -0.4 is 10.1 Å². The highest BCUT2D eigenvalue weighted by molar-refractivity contribution is 5.93. The first-order valence-electron chi connectivity index (χ1n) is 11.4. The van der Waals surface area contributed by atoms with Crippen molar-refractivity contribution in [3.8, 4) is 17.1 Å². The molecule has 0 spiro atoms. The van der Waals surface area contributed by atoms with E-state index in [2.05, 4.69) is 25.7 Å². The minimum absolute atomic E-state index is 0.206.